The first-order valence-electron chi connectivity index (χ1n) is 11.0. The summed E-state index contributed by atoms with van der Waals surface area (Å²) >= 11 is 0. The zero-order valence-electron chi connectivity index (χ0n) is 19.2. The van der Waals surface area contributed by atoms with Crippen LogP contribution in [0.4, 0.5) is 0 Å². The summed E-state index contributed by atoms with van der Waals surface area (Å²) in [5.41, 5.74) is 16.0. The van der Waals surface area contributed by atoms with Crippen LogP contribution in [0.2, 0.25) is 0 Å². The van der Waals surface area contributed by atoms with Gasteiger partial charge in [0.25, 0.3) is 0 Å². The molecule has 1 amide bonds. The first kappa shape index (κ1) is 23.6. The molecule has 0 spiro atoms. The summed E-state index contributed by atoms with van der Waals surface area (Å²) < 4.78 is 7.16. The molecule has 0 aliphatic rings. The average Bonchev–Trinajstić information content (AvgIpc) is 3.19. The minimum absolute atomic E-state index is 0.0397. The normalized spacial score (nSPS) is 10.9. The first-order valence-corrected chi connectivity index (χ1v) is 11.0. The number of nitrogens with two attached hydrogens (primary N) is 2. The van der Waals surface area contributed by atoms with Crippen molar-refractivity contribution in [2.24, 2.45) is 11.5 Å². The number of carboxylic acid groups (broad SMARTS) is 1. The van der Waals surface area contributed by atoms with E-state index in [4.69, 9.17) is 21.6 Å². The van der Waals surface area contributed by atoms with Gasteiger partial charge < -0.3 is 25.9 Å². The van der Waals surface area contributed by atoms with Crippen LogP contribution < -0.4 is 16.2 Å². The fourth-order valence-electron chi connectivity index (χ4n) is 4.30. The lowest BCUT2D eigenvalue weighted by Crippen LogP contribution is -2.14. The monoisotopic (exact) mass is 470 g/mol. The smallest absolute Gasteiger partial charge is 0.336 e. The highest BCUT2D eigenvalue weighted by Crippen LogP contribution is 2.33. The van der Waals surface area contributed by atoms with Gasteiger partial charge in [-0.1, -0.05) is 36.4 Å². The van der Waals surface area contributed by atoms with Crippen LogP contribution in [0.5, 0.6) is 5.75 Å². The van der Waals surface area contributed by atoms with Crippen molar-refractivity contribution < 1.29 is 19.4 Å². The van der Waals surface area contributed by atoms with Crippen LogP contribution in [0.1, 0.15) is 33.5 Å². The van der Waals surface area contributed by atoms with E-state index in [1.807, 2.05) is 47.2 Å². The van der Waals surface area contributed by atoms with Crippen LogP contribution in [-0.2, 0) is 17.8 Å². The third-order valence-corrected chi connectivity index (χ3v) is 6.02. The van der Waals surface area contributed by atoms with Crippen LogP contribution in [0, 0.1) is 5.41 Å². The van der Waals surface area contributed by atoms with Crippen molar-refractivity contribution in [3.8, 4) is 16.9 Å². The molecule has 1 aromatic heterocycles. The standard InChI is InChI=1S/C27H26N4O4/c1-35-19-7-9-22(23(14-19)27(33)34)20-5-3-2-4-16(20)12-18-15-31(11-10-25(28)32)24-13-17(26(29)30)6-8-21(18)24/h2-9,13-15H,10-12H2,1H3,(H2,28,32)(H3,29,30)(H,33,34). The third-order valence-electron chi connectivity index (χ3n) is 6.02. The lowest BCUT2D eigenvalue weighted by atomic mass is 9.92. The average molecular weight is 471 g/mol. The Balaban J connectivity index is 1.82. The number of fused-ring (bicyclic) bond motifs is 1. The van der Waals surface area contributed by atoms with E-state index in [0.717, 1.165) is 27.6 Å². The van der Waals surface area contributed by atoms with E-state index < -0.39 is 11.9 Å². The number of aromatic carboxylic acids is 1. The van der Waals surface area contributed by atoms with E-state index in [1.54, 1.807) is 18.2 Å². The SMILES string of the molecule is COc1ccc(-c2ccccc2Cc2cn(CCC(N)=O)c3cc(C(=N)N)ccc23)c(C(=O)O)c1. The fraction of sp³-hybridized carbons (Fsp3) is 0.148. The van der Waals surface area contributed by atoms with Crippen LogP contribution in [0.3, 0.4) is 0 Å². The topological polar surface area (TPSA) is 144 Å². The van der Waals surface area contributed by atoms with Crippen molar-refractivity contribution in [1.29, 1.82) is 5.41 Å². The molecule has 0 atom stereocenters. The van der Waals surface area contributed by atoms with Gasteiger partial charge in [-0.15, -0.1) is 0 Å². The van der Waals surface area contributed by atoms with E-state index in [1.165, 1.54) is 13.2 Å². The van der Waals surface area contributed by atoms with Gasteiger partial charge >= 0.3 is 5.97 Å². The number of nitrogens with one attached hydrogen (secondary N) is 1. The Morgan fingerprint density at radius 1 is 1.00 bits per heavy atom. The molecule has 8 nitrogen and oxygen atoms in total. The maximum atomic E-state index is 12.0. The minimum atomic E-state index is -1.03. The molecule has 0 bridgehead atoms. The maximum Gasteiger partial charge on any atom is 0.336 e. The predicted molar refractivity (Wildman–Crippen MR) is 135 cm³/mol. The van der Waals surface area contributed by atoms with Gasteiger partial charge in [0.2, 0.25) is 5.91 Å². The summed E-state index contributed by atoms with van der Waals surface area (Å²) in [7, 11) is 1.50. The van der Waals surface area contributed by atoms with Crippen LogP contribution in [0.25, 0.3) is 22.0 Å². The van der Waals surface area contributed by atoms with Gasteiger partial charge in [-0.2, -0.15) is 0 Å². The second kappa shape index (κ2) is 9.72. The lowest BCUT2D eigenvalue weighted by molar-refractivity contribution is -0.118. The number of amidine groups is 1. The predicted octanol–water partition coefficient (Wildman–Crippen LogP) is 3.77. The molecule has 178 valence electrons. The van der Waals surface area contributed by atoms with Gasteiger partial charge in [0.05, 0.1) is 12.7 Å². The van der Waals surface area contributed by atoms with E-state index in [2.05, 4.69) is 0 Å². The van der Waals surface area contributed by atoms with Gasteiger partial charge in [-0.05, 0) is 46.5 Å². The van der Waals surface area contributed by atoms with Gasteiger partial charge in [-0.25, -0.2) is 4.79 Å². The number of rotatable bonds is 9. The number of carbonyl (C=O) groups is 2. The molecule has 0 radical (unpaired) electrons. The molecular weight excluding hydrogens is 444 g/mol. The number of hydrogen-bond acceptors (Lipinski definition) is 4. The largest absolute Gasteiger partial charge is 0.497 e. The molecule has 0 aliphatic carbocycles. The summed E-state index contributed by atoms with van der Waals surface area (Å²) in [6, 6.07) is 18.3. The van der Waals surface area contributed by atoms with Crippen molar-refractivity contribution in [1.82, 2.24) is 4.57 Å². The number of nitrogen functional groups attached to an aromatic ring is 1. The van der Waals surface area contributed by atoms with Crippen molar-refractivity contribution >= 4 is 28.6 Å². The second-order valence-electron chi connectivity index (χ2n) is 8.26. The number of nitrogens with zero attached hydrogens (tertiary/aromatic N) is 1. The molecule has 8 heteroatoms. The molecule has 3 aromatic carbocycles. The van der Waals surface area contributed by atoms with Gasteiger partial charge in [0, 0.05) is 42.0 Å². The van der Waals surface area contributed by atoms with Crippen molar-refractivity contribution in [3.63, 3.8) is 0 Å². The molecule has 4 rings (SSSR count). The number of methoxy groups -OCH3 is 1. The molecule has 0 unspecified atom stereocenters. The van der Waals surface area contributed by atoms with E-state index >= 15 is 0 Å². The van der Waals surface area contributed by atoms with E-state index in [0.29, 0.717) is 29.8 Å². The number of carbonyl (C=O) groups excluding carboxylic acids is 1. The number of aryl methyl sites for hydroxylation is 1. The summed E-state index contributed by atoms with van der Waals surface area (Å²) in [4.78, 5) is 23.4. The summed E-state index contributed by atoms with van der Waals surface area (Å²) in [6.45, 7) is 0.399. The zero-order valence-corrected chi connectivity index (χ0v) is 19.2. The quantitative estimate of drug-likeness (QED) is 0.217. The van der Waals surface area contributed by atoms with Gasteiger partial charge in [-0.3, -0.25) is 10.2 Å². The molecular formula is C27H26N4O4. The number of aromatic nitrogens is 1. The Morgan fingerprint density at radius 3 is 2.46 bits per heavy atom. The highest BCUT2D eigenvalue weighted by Gasteiger charge is 2.18. The number of ether oxygens (including phenoxy) is 1. The van der Waals surface area contributed by atoms with Crippen LogP contribution in [0.15, 0.2) is 66.9 Å². The van der Waals surface area contributed by atoms with Gasteiger partial charge in [0.15, 0.2) is 0 Å². The summed E-state index contributed by atoms with van der Waals surface area (Å²) in [6.07, 6.45) is 2.68. The van der Waals surface area contributed by atoms with Gasteiger partial charge in [0.1, 0.15) is 11.6 Å². The molecule has 0 saturated carbocycles. The van der Waals surface area contributed by atoms with Crippen molar-refractivity contribution in [2.75, 3.05) is 7.11 Å². The first-order chi connectivity index (χ1) is 16.8. The Morgan fingerprint density at radius 2 is 1.77 bits per heavy atom. The fourth-order valence-corrected chi connectivity index (χ4v) is 4.30. The highest BCUT2D eigenvalue weighted by atomic mass is 16.5. The number of carboxylic acids is 1. The maximum absolute atomic E-state index is 12.0. The Labute approximate surface area is 202 Å². The molecule has 0 aliphatic heterocycles. The molecule has 1 heterocycles. The third kappa shape index (κ3) is 4.86. The molecule has 6 N–H and O–H groups in total. The Bertz CT molecular complexity index is 1460. The summed E-state index contributed by atoms with van der Waals surface area (Å²) in [5.74, 6) is -1.000. The minimum Gasteiger partial charge on any atom is -0.497 e. The summed E-state index contributed by atoms with van der Waals surface area (Å²) in [5, 5.41) is 18.6. The van der Waals surface area contributed by atoms with E-state index in [9.17, 15) is 14.7 Å². The molecule has 35 heavy (non-hydrogen) atoms. The number of benzene rings is 3. The molecule has 0 saturated heterocycles. The Hall–Kier alpha value is -4.59. The number of primary amides is 1. The van der Waals surface area contributed by atoms with Crippen molar-refractivity contribution in [2.45, 2.75) is 19.4 Å². The van der Waals surface area contributed by atoms with Crippen molar-refractivity contribution in [3.05, 3.63) is 89.1 Å². The number of hydrogen-bond donors (Lipinski definition) is 4. The number of amides is 1. The van der Waals surface area contributed by atoms with Crippen LogP contribution in [-0.4, -0.2) is 34.5 Å². The Kier molecular flexibility index (Phi) is 6.55. The molecule has 0 fully saturated rings. The molecule has 4 aromatic rings. The zero-order chi connectivity index (χ0) is 25.1. The van der Waals surface area contributed by atoms with Crippen LogP contribution >= 0.6 is 0 Å². The second-order valence-corrected chi connectivity index (χ2v) is 8.26. The van der Waals surface area contributed by atoms with E-state index in [-0.39, 0.29) is 17.8 Å². The lowest BCUT2D eigenvalue weighted by Gasteiger charge is -2.13. The highest BCUT2D eigenvalue weighted by molar-refractivity contribution is 6.00.